The quantitative estimate of drug-likeness (QED) is 0.854. The minimum absolute atomic E-state index is 0.0305. The molecular formula is C17H19F2N3O4S. The Morgan fingerprint density at radius 3 is 2.89 bits per heavy atom. The molecular weight excluding hydrogens is 380 g/mol. The molecule has 27 heavy (non-hydrogen) atoms. The molecule has 1 aliphatic rings. The lowest BCUT2D eigenvalue weighted by Gasteiger charge is -2.22. The first-order valence-corrected chi connectivity index (χ1v) is 10.2. The van der Waals surface area contributed by atoms with E-state index < -0.39 is 27.5 Å². The van der Waals surface area contributed by atoms with Gasteiger partial charge in [-0.1, -0.05) is 12.1 Å². The smallest absolute Gasteiger partial charge is 0.317 e. The number of amides is 2. The average Bonchev–Trinajstić information content (AvgIpc) is 2.98. The van der Waals surface area contributed by atoms with Crippen molar-refractivity contribution in [2.75, 3.05) is 24.6 Å². The number of benzene rings is 1. The van der Waals surface area contributed by atoms with Crippen LogP contribution in [0.4, 0.5) is 13.6 Å². The van der Waals surface area contributed by atoms with Crippen LogP contribution in [-0.4, -0.2) is 49.1 Å². The third kappa shape index (κ3) is 4.82. The molecule has 0 saturated carbocycles. The molecule has 0 spiro atoms. The molecule has 3 rings (SSSR count). The van der Waals surface area contributed by atoms with Gasteiger partial charge in [0.2, 0.25) is 0 Å². The van der Waals surface area contributed by atoms with Gasteiger partial charge in [0.15, 0.2) is 15.6 Å². The van der Waals surface area contributed by atoms with Gasteiger partial charge in [0, 0.05) is 25.2 Å². The fourth-order valence-electron chi connectivity index (χ4n) is 2.96. The summed E-state index contributed by atoms with van der Waals surface area (Å²) in [6, 6.07) is 4.14. The van der Waals surface area contributed by atoms with Gasteiger partial charge in [-0.3, -0.25) is 0 Å². The third-order valence-corrected chi connectivity index (χ3v) is 6.09. The van der Waals surface area contributed by atoms with Crippen LogP contribution in [0.1, 0.15) is 12.6 Å². The Bertz CT molecular complexity index is 945. The van der Waals surface area contributed by atoms with Gasteiger partial charge in [0.05, 0.1) is 23.6 Å². The molecule has 0 bridgehead atoms. The minimum Gasteiger partial charge on any atom is -0.356 e. The van der Waals surface area contributed by atoms with Gasteiger partial charge in [-0.15, -0.1) is 0 Å². The molecule has 1 N–H and O–H groups in total. The van der Waals surface area contributed by atoms with E-state index in [4.69, 9.17) is 4.52 Å². The highest BCUT2D eigenvalue weighted by Gasteiger charge is 2.27. The highest BCUT2D eigenvalue weighted by atomic mass is 32.2. The Kier molecular flexibility index (Phi) is 5.45. The summed E-state index contributed by atoms with van der Waals surface area (Å²) in [5.74, 6) is -1.51. The first-order chi connectivity index (χ1) is 12.7. The van der Waals surface area contributed by atoms with Crippen molar-refractivity contribution in [2.45, 2.75) is 13.5 Å². The summed E-state index contributed by atoms with van der Waals surface area (Å²) in [5.41, 5.74) is 0.422. The summed E-state index contributed by atoms with van der Waals surface area (Å²) in [5, 5.41) is 6.41. The molecule has 0 radical (unpaired) electrons. The summed E-state index contributed by atoms with van der Waals surface area (Å²) in [6.07, 6.45) is 0. The van der Waals surface area contributed by atoms with Gasteiger partial charge in [0.1, 0.15) is 17.3 Å². The maximum absolute atomic E-state index is 13.8. The number of carbonyl (C=O) groups is 1. The van der Waals surface area contributed by atoms with E-state index in [1.807, 2.05) is 0 Å². The number of hydrogen-bond donors (Lipinski definition) is 1. The summed E-state index contributed by atoms with van der Waals surface area (Å²) < 4.78 is 55.4. The van der Waals surface area contributed by atoms with Crippen LogP contribution in [-0.2, 0) is 16.4 Å². The summed E-state index contributed by atoms with van der Waals surface area (Å²) in [6.45, 7) is 2.28. The van der Waals surface area contributed by atoms with Crippen molar-refractivity contribution in [3.63, 3.8) is 0 Å². The van der Waals surface area contributed by atoms with Crippen LogP contribution in [0.25, 0.3) is 11.3 Å². The van der Waals surface area contributed by atoms with Gasteiger partial charge >= 0.3 is 6.03 Å². The first-order valence-electron chi connectivity index (χ1n) is 8.38. The maximum Gasteiger partial charge on any atom is 0.317 e. The molecule has 2 aromatic rings. The summed E-state index contributed by atoms with van der Waals surface area (Å²) in [7, 11) is -3.15. The predicted molar refractivity (Wildman–Crippen MR) is 93.5 cm³/mol. The Morgan fingerprint density at radius 2 is 2.15 bits per heavy atom. The molecule has 0 aliphatic carbocycles. The first kappa shape index (κ1) is 19.3. The normalized spacial score (nSPS) is 19.5. The highest BCUT2D eigenvalue weighted by Crippen LogP contribution is 2.24. The fourth-order valence-corrected chi connectivity index (χ4v) is 4.60. The van der Waals surface area contributed by atoms with Crippen LogP contribution in [0.5, 0.6) is 0 Å². The number of hydrogen-bond acceptors (Lipinski definition) is 5. The Balaban J connectivity index is 1.62. The third-order valence-electron chi connectivity index (χ3n) is 4.21. The lowest BCUT2D eigenvalue weighted by Crippen LogP contribution is -2.42. The molecule has 1 aromatic carbocycles. The molecule has 1 unspecified atom stereocenters. The van der Waals surface area contributed by atoms with Gasteiger partial charge in [0.25, 0.3) is 0 Å². The van der Waals surface area contributed by atoms with Crippen molar-refractivity contribution >= 4 is 15.9 Å². The number of aromatic nitrogens is 1. The van der Waals surface area contributed by atoms with Crippen molar-refractivity contribution in [1.82, 2.24) is 15.4 Å². The van der Waals surface area contributed by atoms with E-state index in [0.29, 0.717) is 12.2 Å². The number of nitrogens with one attached hydrogen (secondary N) is 1. The van der Waals surface area contributed by atoms with E-state index in [2.05, 4.69) is 10.5 Å². The molecule has 1 fully saturated rings. The van der Waals surface area contributed by atoms with Gasteiger partial charge < -0.3 is 14.7 Å². The largest absolute Gasteiger partial charge is 0.356 e. The zero-order valence-corrected chi connectivity index (χ0v) is 15.4. The lowest BCUT2D eigenvalue weighted by molar-refractivity contribution is 0.195. The monoisotopic (exact) mass is 399 g/mol. The molecule has 7 nitrogen and oxygen atoms in total. The second-order valence-corrected chi connectivity index (χ2v) is 8.86. The molecule has 1 atom stereocenters. The number of urea groups is 1. The van der Waals surface area contributed by atoms with E-state index in [1.165, 1.54) is 17.0 Å². The standard InChI is InChI=1S/C17H19F2N3O4S/c1-11-9-22(4-5-27(24,25)10-11)17(23)20-8-13-7-16(26-21-13)14-3-2-12(18)6-15(14)19/h2-3,6-7,11H,4-5,8-10H2,1H3,(H,20,23). The zero-order chi connectivity index (χ0) is 19.6. The predicted octanol–water partition coefficient (Wildman–Crippen LogP) is 2.20. The number of nitrogens with zero attached hydrogens (tertiary/aromatic N) is 2. The van der Waals surface area contributed by atoms with Crippen LogP contribution in [0.2, 0.25) is 0 Å². The second-order valence-electron chi connectivity index (χ2n) is 6.63. The van der Waals surface area contributed by atoms with E-state index in [0.717, 1.165) is 12.1 Å². The van der Waals surface area contributed by atoms with Gasteiger partial charge in [-0.25, -0.2) is 22.0 Å². The molecule has 1 saturated heterocycles. The molecule has 10 heteroatoms. The van der Waals surface area contributed by atoms with Gasteiger partial charge in [-0.2, -0.15) is 0 Å². The van der Waals surface area contributed by atoms with Crippen LogP contribution in [0.15, 0.2) is 28.8 Å². The summed E-state index contributed by atoms with van der Waals surface area (Å²) >= 11 is 0. The number of halogens is 2. The van der Waals surface area contributed by atoms with Gasteiger partial charge in [-0.05, 0) is 18.1 Å². The topological polar surface area (TPSA) is 92.5 Å². The average molecular weight is 399 g/mol. The van der Waals surface area contributed by atoms with Crippen molar-refractivity contribution < 1.29 is 26.5 Å². The van der Waals surface area contributed by atoms with E-state index in [-0.39, 0.29) is 41.8 Å². The van der Waals surface area contributed by atoms with Crippen LogP contribution < -0.4 is 5.32 Å². The van der Waals surface area contributed by atoms with E-state index in [9.17, 15) is 22.0 Å². The minimum atomic E-state index is -3.15. The number of sulfone groups is 1. The van der Waals surface area contributed by atoms with E-state index >= 15 is 0 Å². The number of rotatable bonds is 3. The molecule has 1 aromatic heterocycles. The second kappa shape index (κ2) is 7.63. The summed E-state index contributed by atoms with van der Waals surface area (Å²) in [4.78, 5) is 13.8. The van der Waals surface area contributed by atoms with Crippen LogP contribution >= 0.6 is 0 Å². The Morgan fingerprint density at radius 1 is 1.37 bits per heavy atom. The van der Waals surface area contributed by atoms with Crippen molar-refractivity contribution in [3.05, 3.63) is 41.6 Å². The molecule has 1 aliphatic heterocycles. The fraction of sp³-hybridized carbons (Fsp3) is 0.412. The lowest BCUT2D eigenvalue weighted by atomic mass is 10.1. The highest BCUT2D eigenvalue weighted by molar-refractivity contribution is 7.91. The number of carbonyl (C=O) groups excluding carboxylic acids is 1. The van der Waals surface area contributed by atoms with E-state index in [1.54, 1.807) is 6.92 Å². The Labute approximate surface area is 155 Å². The maximum atomic E-state index is 13.8. The van der Waals surface area contributed by atoms with Crippen LogP contribution in [0.3, 0.4) is 0 Å². The van der Waals surface area contributed by atoms with Crippen molar-refractivity contribution in [3.8, 4) is 11.3 Å². The molecule has 146 valence electrons. The van der Waals surface area contributed by atoms with Crippen LogP contribution in [0, 0.1) is 17.6 Å². The zero-order valence-electron chi connectivity index (χ0n) is 14.6. The van der Waals surface area contributed by atoms with Crippen molar-refractivity contribution in [2.24, 2.45) is 5.92 Å². The SMILES string of the molecule is CC1CN(C(=O)NCc2cc(-c3ccc(F)cc3F)on2)CCS(=O)(=O)C1. The molecule has 2 heterocycles. The molecule has 2 amide bonds. The van der Waals surface area contributed by atoms with Crippen molar-refractivity contribution in [1.29, 1.82) is 0 Å². The Hall–Kier alpha value is -2.49.